The van der Waals surface area contributed by atoms with Crippen molar-refractivity contribution in [3.63, 3.8) is 0 Å². The Morgan fingerprint density at radius 2 is 1.73 bits per heavy atom. The van der Waals surface area contributed by atoms with Crippen LogP contribution in [0.25, 0.3) is 0 Å². The van der Waals surface area contributed by atoms with Crippen molar-refractivity contribution in [3.05, 3.63) is 23.9 Å². The highest BCUT2D eigenvalue weighted by molar-refractivity contribution is 5.94. The first-order chi connectivity index (χ1) is 17.9. The summed E-state index contributed by atoms with van der Waals surface area (Å²) in [5.74, 6) is 0.319. The molecular formula is C25H37N7O5. The van der Waals surface area contributed by atoms with Crippen LogP contribution in [0.4, 0.5) is 10.6 Å². The molecule has 2 aliphatic heterocycles. The number of piperazine rings is 1. The van der Waals surface area contributed by atoms with Gasteiger partial charge in [0.2, 0.25) is 5.91 Å². The van der Waals surface area contributed by atoms with Crippen LogP contribution in [-0.4, -0.2) is 116 Å². The fraction of sp³-hybridized carbons (Fsp3) is 0.640. The second kappa shape index (κ2) is 12.2. The lowest BCUT2D eigenvalue weighted by atomic mass is 9.85. The van der Waals surface area contributed by atoms with E-state index in [1.165, 1.54) is 7.11 Å². The Morgan fingerprint density at radius 3 is 2.30 bits per heavy atom. The number of morpholine rings is 1. The van der Waals surface area contributed by atoms with Gasteiger partial charge in [0.05, 0.1) is 26.2 Å². The molecule has 12 heteroatoms. The van der Waals surface area contributed by atoms with E-state index in [4.69, 9.17) is 20.6 Å². The Bertz CT molecular complexity index is 966. The number of urea groups is 1. The van der Waals surface area contributed by atoms with Gasteiger partial charge in [-0.25, -0.2) is 9.78 Å². The van der Waals surface area contributed by atoms with Gasteiger partial charge in [0.1, 0.15) is 18.2 Å². The number of carbonyl (C=O) groups is 3. The second-order valence-electron chi connectivity index (χ2n) is 9.73. The van der Waals surface area contributed by atoms with Crippen LogP contribution in [0.5, 0.6) is 0 Å². The van der Waals surface area contributed by atoms with E-state index >= 15 is 0 Å². The topological polar surface area (TPSA) is 145 Å². The summed E-state index contributed by atoms with van der Waals surface area (Å²) in [6.07, 6.45) is 4.19. The van der Waals surface area contributed by atoms with E-state index in [2.05, 4.69) is 9.88 Å². The molecule has 3 fully saturated rings. The summed E-state index contributed by atoms with van der Waals surface area (Å²) in [6.45, 7) is 4.34. The van der Waals surface area contributed by atoms with Crippen molar-refractivity contribution in [2.24, 2.45) is 11.7 Å². The monoisotopic (exact) mass is 515 g/mol. The van der Waals surface area contributed by atoms with E-state index in [1.807, 2.05) is 6.07 Å². The van der Waals surface area contributed by atoms with Gasteiger partial charge in [-0.1, -0.05) is 0 Å². The Balaban J connectivity index is 1.40. The minimum atomic E-state index is -0.207. The number of esters is 1. The third kappa shape index (κ3) is 6.48. The standard InChI is InChI=1S/C25H37N7O5/c1-36-24(34)18-2-5-20(6-3-18)32(17-22(33)30-12-14-37-15-13-30)25(35)31-10-8-29(9-11-31)21-7-4-19(16-28-21)23(26)27/h4,7,16,18,20H,2-3,5-6,8-15,17H2,1H3,(H3,26,27). The molecule has 0 spiro atoms. The van der Waals surface area contributed by atoms with Crippen molar-refractivity contribution in [2.75, 3.05) is 71.0 Å². The summed E-state index contributed by atoms with van der Waals surface area (Å²) in [5.41, 5.74) is 6.09. The lowest BCUT2D eigenvalue weighted by Gasteiger charge is -2.42. The van der Waals surface area contributed by atoms with Crippen LogP contribution >= 0.6 is 0 Å². The highest BCUT2D eigenvalue weighted by Gasteiger charge is 2.36. The summed E-state index contributed by atoms with van der Waals surface area (Å²) in [5, 5.41) is 7.52. The van der Waals surface area contributed by atoms with Crippen molar-refractivity contribution in [1.29, 1.82) is 5.41 Å². The number of nitrogens with two attached hydrogens (primary N) is 1. The van der Waals surface area contributed by atoms with E-state index in [9.17, 15) is 14.4 Å². The lowest BCUT2D eigenvalue weighted by molar-refractivity contribution is -0.147. The van der Waals surface area contributed by atoms with Crippen LogP contribution < -0.4 is 10.6 Å². The zero-order valence-corrected chi connectivity index (χ0v) is 21.4. The number of nitrogen functional groups attached to an aromatic ring is 1. The molecule has 0 bridgehead atoms. The average Bonchev–Trinajstić information content (AvgIpc) is 2.95. The number of nitrogens with zero attached hydrogens (tertiary/aromatic N) is 5. The summed E-state index contributed by atoms with van der Waals surface area (Å²) in [6, 6.07) is 3.37. The predicted molar refractivity (Wildman–Crippen MR) is 136 cm³/mol. The van der Waals surface area contributed by atoms with Gasteiger partial charge in [0, 0.05) is 57.1 Å². The van der Waals surface area contributed by atoms with Crippen molar-refractivity contribution < 1.29 is 23.9 Å². The maximum absolute atomic E-state index is 13.7. The minimum Gasteiger partial charge on any atom is -0.469 e. The van der Waals surface area contributed by atoms with Crippen LogP contribution in [0.1, 0.15) is 31.2 Å². The van der Waals surface area contributed by atoms with Crippen molar-refractivity contribution in [2.45, 2.75) is 31.7 Å². The first-order valence-corrected chi connectivity index (χ1v) is 12.9. The third-order valence-corrected chi connectivity index (χ3v) is 7.52. The Kier molecular flexibility index (Phi) is 8.80. The van der Waals surface area contributed by atoms with E-state index in [-0.39, 0.29) is 42.2 Å². The van der Waals surface area contributed by atoms with Gasteiger partial charge in [-0.2, -0.15) is 0 Å². The number of methoxy groups -OCH3 is 1. The molecule has 1 aliphatic carbocycles. The van der Waals surface area contributed by atoms with Crippen molar-refractivity contribution in [3.8, 4) is 0 Å². The number of carbonyl (C=O) groups excluding carboxylic acids is 3. The molecule has 0 unspecified atom stereocenters. The molecule has 37 heavy (non-hydrogen) atoms. The van der Waals surface area contributed by atoms with E-state index in [1.54, 1.807) is 27.0 Å². The fourth-order valence-electron chi connectivity index (χ4n) is 5.24. The van der Waals surface area contributed by atoms with Crippen LogP contribution in [0.15, 0.2) is 18.3 Å². The zero-order valence-electron chi connectivity index (χ0n) is 21.4. The van der Waals surface area contributed by atoms with Crippen LogP contribution in [0.3, 0.4) is 0 Å². The first kappa shape index (κ1) is 26.6. The molecule has 0 atom stereocenters. The number of pyridine rings is 1. The molecule has 1 aromatic heterocycles. The molecule has 0 radical (unpaired) electrons. The van der Waals surface area contributed by atoms with Gasteiger partial charge < -0.3 is 34.8 Å². The highest BCUT2D eigenvalue weighted by atomic mass is 16.5. The summed E-state index contributed by atoms with van der Waals surface area (Å²) in [7, 11) is 1.40. The maximum Gasteiger partial charge on any atom is 0.320 e. The van der Waals surface area contributed by atoms with Crippen molar-refractivity contribution >= 4 is 29.6 Å². The predicted octanol–water partition coefficient (Wildman–Crippen LogP) is 0.500. The first-order valence-electron chi connectivity index (χ1n) is 12.9. The Labute approximate surface area is 217 Å². The molecule has 4 rings (SSSR count). The number of aromatic nitrogens is 1. The van der Waals surface area contributed by atoms with Gasteiger partial charge in [0.25, 0.3) is 0 Å². The zero-order chi connectivity index (χ0) is 26.4. The summed E-state index contributed by atoms with van der Waals surface area (Å²) in [4.78, 5) is 50.7. The molecular weight excluding hydrogens is 478 g/mol. The van der Waals surface area contributed by atoms with E-state index in [0.717, 1.165) is 5.82 Å². The number of rotatable bonds is 6. The highest BCUT2D eigenvalue weighted by Crippen LogP contribution is 2.29. The molecule has 3 amide bonds. The largest absolute Gasteiger partial charge is 0.469 e. The number of hydrogen-bond acceptors (Lipinski definition) is 8. The molecule has 3 N–H and O–H groups in total. The van der Waals surface area contributed by atoms with Gasteiger partial charge >= 0.3 is 12.0 Å². The van der Waals surface area contributed by atoms with Gasteiger partial charge in [0.15, 0.2) is 0 Å². The lowest BCUT2D eigenvalue weighted by Crippen LogP contribution is -2.58. The fourth-order valence-corrected chi connectivity index (χ4v) is 5.24. The molecule has 12 nitrogen and oxygen atoms in total. The summed E-state index contributed by atoms with van der Waals surface area (Å²) >= 11 is 0. The van der Waals surface area contributed by atoms with Gasteiger partial charge in [-0.15, -0.1) is 0 Å². The number of ether oxygens (including phenoxy) is 2. The van der Waals surface area contributed by atoms with Gasteiger partial charge in [-0.05, 0) is 37.8 Å². The SMILES string of the molecule is COC(=O)C1CCC(N(CC(=O)N2CCOCC2)C(=O)N2CCN(c3ccc(C(=N)N)cn3)CC2)CC1. The Morgan fingerprint density at radius 1 is 1.05 bits per heavy atom. The smallest absolute Gasteiger partial charge is 0.320 e. The molecule has 0 aromatic carbocycles. The van der Waals surface area contributed by atoms with E-state index < -0.39 is 0 Å². The number of amides is 3. The normalized spacial score (nSPS) is 22.4. The number of nitrogens with one attached hydrogen (secondary N) is 1. The summed E-state index contributed by atoms with van der Waals surface area (Å²) < 4.78 is 10.3. The van der Waals surface area contributed by atoms with Crippen LogP contribution in [-0.2, 0) is 19.1 Å². The molecule has 3 heterocycles. The molecule has 202 valence electrons. The van der Waals surface area contributed by atoms with Crippen LogP contribution in [0.2, 0.25) is 0 Å². The average molecular weight is 516 g/mol. The number of hydrogen-bond donors (Lipinski definition) is 2. The van der Waals surface area contributed by atoms with Crippen LogP contribution in [0, 0.1) is 11.3 Å². The molecule has 3 aliphatic rings. The number of anilines is 1. The second-order valence-corrected chi connectivity index (χ2v) is 9.73. The molecule has 2 saturated heterocycles. The molecule has 1 saturated carbocycles. The maximum atomic E-state index is 13.7. The number of amidine groups is 1. The van der Waals surface area contributed by atoms with E-state index in [0.29, 0.717) is 83.7 Å². The quantitative estimate of drug-likeness (QED) is 0.316. The molecule has 1 aromatic rings. The minimum absolute atomic E-state index is 0.0261. The third-order valence-electron chi connectivity index (χ3n) is 7.52. The Hall–Kier alpha value is -3.41. The van der Waals surface area contributed by atoms with Gasteiger partial charge in [-0.3, -0.25) is 15.0 Å². The van der Waals surface area contributed by atoms with Crippen molar-refractivity contribution in [1.82, 2.24) is 19.7 Å².